The van der Waals surface area contributed by atoms with E-state index in [1.165, 1.54) is 14.2 Å². The van der Waals surface area contributed by atoms with E-state index in [1.807, 2.05) is 0 Å². The van der Waals surface area contributed by atoms with Crippen molar-refractivity contribution in [2.75, 3.05) is 26.6 Å². The smallest absolute Gasteiger partial charge is 0.262 e. The number of H-pyrrole nitrogens is 1. The Morgan fingerprint density at radius 3 is 2.65 bits per heavy atom. The van der Waals surface area contributed by atoms with Crippen LogP contribution in [0.15, 0.2) is 16.9 Å². The van der Waals surface area contributed by atoms with Crippen LogP contribution in [0.25, 0.3) is 10.9 Å². The van der Waals surface area contributed by atoms with Gasteiger partial charge in [-0.15, -0.1) is 0 Å². The Morgan fingerprint density at radius 2 is 2.06 bits per heavy atom. The fourth-order valence-electron chi connectivity index (χ4n) is 1.61. The summed E-state index contributed by atoms with van der Waals surface area (Å²) in [6.45, 7) is 0. The zero-order valence-corrected chi connectivity index (χ0v) is 9.83. The summed E-state index contributed by atoms with van der Waals surface area (Å²) in [5.74, 6) is 1.43. The van der Waals surface area contributed by atoms with Crippen molar-refractivity contribution in [2.24, 2.45) is 0 Å². The van der Waals surface area contributed by atoms with E-state index in [0.717, 1.165) is 0 Å². The molecular weight excluding hydrogens is 222 g/mol. The standard InChI is InChI=1S/C11H13N3O3/c1-12-8-4-6-10(11(15)14-8)7(16-2)5-9(13-6)17-3/h4-5H,1-3H3,(H2,12,14,15). The van der Waals surface area contributed by atoms with Gasteiger partial charge in [0.25, 0.3) is 5.56 Å². The average Bonchev–Trinajstić information content (AvgIpc) is 2.36. The van der Waals surface area contributed by atoms with Gasteiger partial charge in [0.1, 0.15) is 17.0 Å². The van der Waals surface area contributed by atoms with Gasteiger partial charge in [-0.3, -0.25) is 4.79 Å². The molecule has 0 unspecified atom stereocenters. The Hall–Kier alpha value is -2.24. The second-order valence-corrected chi connectivity index (χ2v) is 3.39. The SMILES string of the molecule is CNc1cc2nc(OC)cc(OC)c2c(=O)[nH]1. The fraction of sp³-hybridized carbons (Fsp3) is 0.273. The van der Waals surface area contributed by atoms with Crippen LogP contribution in [-0.4, -0.2) is 31.2 Å². The van der Waals surface area contributed by atoms with Gasteiger partial charge < -0.3 is 19.8 Å². The number of anilines is 1. The molecule has 2 aromatic rings. The minimum Gasteiger partial charge on any atom is -0.496 e. The number of methoxy groups -OCH3 is 2. The molecule has 0 aliphatic carbocycles. The van der Waals surface area contributed by atoms with Crippen molar-refractivity contribution < 1.29 is 9.47 Å². The molecule has 0 saturated carbocycles. The van der Waals surface area contributed by atoms with Crippen LogP contribution in [-0.2, 0) is 0 Å². The second kappa shape index (κ2) is 4.32. The summed E-state index contributed by atoms with van der Waals surface area (Å²) in [4.78, 5) is 18.8. The first-order valence-corrected chi connectivity index (χ1v) is 5.03. The third-order valence-corrected chi connectivity index (χ3v) is 2.44. The molecule has 0 aromatic carbocycles. The predicted octanol–water partition coefficient (Wildman–Crippen LogP) is 0.982. The molecular formula is C11H13N3O3. The van der Waals surface area contributed by atoms with Crippen LogP contribution < -0.4 is 20.3 Å². The summed E-state index contributed by atoms with van der Waals surface area (Å²) in [6, 6.07) is 3.30. The number of aromatic amines is 1. The van der Waals surface area contributed by atoms with Gasteiger partial charge in [-0.05, 0) is 0 Å². The van der Waals surface area contributed by atoms with Crippen molar-refractivity contribution in [2.45, 2.75) is 0 Å². The van der Waals surface area contributed by atoms with Crippen LogP contribution in [0.1, 0.15) is 0 Å². The van der Waals surface area contributed by atoms with Crippen LogP contribution in [0.3, 0.4) is 0 Å². The lowest BCUT2D eigenvalue weighted by atomic mass is 10.2. The molecule has 2 rings (SSSR count). The van der Waals surface area contributed by atoms with E-state index in [-0.39, 0.29) is 5.56 Å². The third kappa shape index (κ3) is 1.89. The zero-order valence-electron chi connectivity index (χ0n) is 9.83. The number of nitrogens with one attached hydrogen (secondary N) is 2. The quantitative estimate of drug-likeness (QED) is 0.829. The number of fused-ring (bicyclic) bond motifs is 1. The third-order valence-electron chi connectivity index (χ3n) is 2.44. The molecule has 0 bridgehead atoms. The highest BCUT2D eigenvalue weighted by molar-refractivity contribution is 5.86. The minimum absolute atomic E-state index is 0.251. The maximum absolute atomic E-state index is 11.9. The molecule has 0 saturated heterocycles. The average molecular weight is 235 g/mol. The topological polar surface area (TPSA) is 76.2 Å². The van der Waals surface area contributed by atoms with Gasteiger partial charge in [0, 0.05) is 19.2 Å². The summed E-state index contributed by atoms with van der Waals surface area (Å²) in [7, 11) is 4.73. The number of hydrogen-bond acceptors (Lipinski definition) is 5. The molecule has 0 radical (unpaired) electrons. The van der Waals surface area contributed by atoms with Crippen molar-refractivity contribution in [3.05, 3.63) is 22.5 Å². The maximum Gasteiger partial charge on any atom is 0.262 e. The number of ether oxygens (including phenoxy) is 2. The Balaban J connectivity index is 2.84. The monoisotopic (exact) mass is 235 g/mol. The van der Waals surface area contributed by atoms with Crippen molar-refractivity contribution in [3.63, 3.8) is 0 Å². The summed E-state index contributed by atoms with van der Waals surface area (Å²) in [5.41, 5.74) is 0.271. The van der Waals surface area contributed by atoms with Crippen LogP contribution in [0.4, 0.5) is 5.82 Å². The number of rotatable bonds is 3. The Bertz CT molecular complexity index is 601. The highest BCUT2D eigenvalue weighted by atomic mass is 16.5. The van der Waals surface area contributed by atoms with Crippen molar-refractivity contribution >= 4 is 16.7 Å². The molecule has 6 heteroatoms. The number of pyridine rings is 2. The second-order valence-electron chi connectivity index (χ2n) is 3.39. The van der Waals surface area contributed by atoms with Crippen LogP contribution >= 0.6 is 0 Å². The lowest BCUT2D eigenvalue weighted by Crippen LogP contribution is -2.11. The van der Waals surface area contributed by atoms with Gasteiger partial charge >= 0.3 is 0 Å². The molecule has 17 heavy (non-hydrogen) atoms. The summed E-state index contributed by atoms with van der Waals surface area (Å²) in [5, 5.41) is 3.27. The molecule has 0 aliphatic rings. The first-order valence-electron chi connectivity index (χ1n) is 5.03. The van der Waals surface area contributed by atoms with E-state index in [1.54, 1.807) is 19.2 Å². The molecule has 2 heterocycles. The molecule has 90 valence electrons. The minimum atomic E-state index is -0.251. The van der Waals surface area contributed by atoms with E-state index in [9.17, 15) is 4.79 Å². The van der Waals surface area contributed by atoms with Gasteiger partial charge in [-0.1, -0.05) is 0 Å². The van der Waals surface area contributed by atoms with Gasteiger partial charge in [0.15, 0.2) is 0 Å². The van der Waals surface area contributed by atoms with Crippen LogP contribution in [0.2, 0.25) is 0 Å². The van der Waals surface area contributed by atoms with E-state index in [2.05, 4.69) is 15.3 Å². The molecule has 0 fully saturated rings. The maximum atomic E-state index is 11.9. The molecule has 0 aliphatic heterocycles. The molecule has 2 N–H and O–H groups in total. The Labute approximate surface area is 97.6 Å². The fourth-order valence-corrected chi connectivity index (χ4v) is 1.61. The van der Waals surface area contributed by atoms with E-state index < -0.39 is 0 Å². The zero-order chi connectivity index (χ0) is 12.4. The Morgan fingerprint density at radius 1 is 1.29 bits per heavy atom. The van der Waals surface area contributed by atoms with Crippen molar-refractivity contribution in [1.82, 2.24) is 9.97 Å². The summed E-state index contributed by atoms with van der Waals surface area (Å²) >= 11 is 0. The highest BCUT2D eigenvalue weighted by Gasteiger charge is 2.11. The highest BCUT2D eigenvalue weighted by Crippen LogP contribution is 2.26. The number of hydrogen-bond donors (Lipinski definition) is 2. The first-order chi connectivity index (χ1) is 8.19. The first kappa shape index (κ1) is 11.3. The van der Waals surface area contributed by atoms with Gasteiger partial charge in [-0.2, -0.15) is 0 Å². The summed E-state index contributed by atoms with van der Waals surface area (Å²) < 4.78 is 10.2. The molecule has 0 atom stereocenters. The van der Waals surface area contributed by atoms with Crippen molar-refractivity contribution in [1.29, 1.82) is 0 Å². The van der Waals surface area contributed by atoms with Crippen LogP contribution in [0.5, 0.6) is 11.6 Å². The van der Waals surface area contributed by atoms with Gasteiger partial charge in [0.05, 0.1) is 19.7 Å². The normalized spacial score (nSPS) is 10.3. The van der Waals surface area contributed by atoms with Crippen LogP contribution in [0, 0.1) is 0 Å². The van der Waals surface area contributed by atoms with E-state index in [0.29, 0.717) is 28.4 Å². The van der Waals surface area contributed by atoms with E-state index >= 15 is 0 Å². The number of nitrogens with zero attached hydrogens (tertiary/aromatic N) is 1. The number of aromatic nitrogens is 2. The molecule has 0 spiro atoms. The van der Waals surface area contributed by atoms with Crippen molar-refractivity contribution in [3.8, 4) is 11.6 Å². The predicted molar refractivity (Wildman–Crippen MR) is 65.0 cm³/mol. The Kier molecular flexibility index (Phi) is 2.86. The van der Waals surface area contributed by atoms with Gasteiger partial charge in [0.2, 0.25) is 5.88 Å². The lowest BCUT2D eigenvalue weighted by molar-refractivity contribution is 0.386. The molecule has 6 nitrogen and oxygen atoms in total. The molecule has 2 aromatic heterocycles. The largest absolute Gasteiger partial charge is 0.496 e. The van der Waals surface area contributed by atoms with E-state index in [4.69, 9.17) is 9.47 Å². The summed E-state index contributed by atoms with van der Waals surface area (Å²) in [6.07, 6.45) is 0. The lowest BCUT2D eigenvalue weighted by Gasteiger charge is -2.08. The molecule has 0 amide bonds. The van der Waals surface area contributed by atoms with Gasteiger partial charge in [-0.25, -0.2) is 4.98 Å².